The highest BCUT2D eigenvalue weighted by Crippen LogP contribution is 2.07. The molecule has 0 unspecified atom stereocenters. The lowest BCUT2D eigenvalue weighted by Crippen LogP contribution is -2.36. The van der Waals surface area contributed by atoms with Crippen molar-refractivity contribution in [3.8, 4) is 0 Å². The van der Waals surface area contributed by atoms with Gasteiger partial charge in [0.05, 0.1) is 11.4 Å². The van der Waals surface area contributed by atoms with E-state index in [2.05, 4.69) is 5.32 Å². The van der Waals surface area contributed by atoms with Crippen LogP contribution < -0.4 is 5.32 Å². The van der Waals surface area contributed by atoms with E-state index in [4.69, 9.17) is 10.2 Å². The summed E-state index contributed by atoms with van der Waals surface area (Å²) in [5.74, 6) is -1.73. The molecule has 1 aromatic heterocycles. The van der Waals surface area contributed by atoms with E-state index in [9.17, 15) is 9.59 Å². The van der Waals surface area contributed by atoms with Gasteiger partial charge in [-0.25, -0.2) is 4.79 Å². The van der Waals surface area contributed by atoms with Crippen molar-refractivity contribution >= 4 is 23.2 Å². The van der Waals surface area contributed by atoms with E-state index in [1.54, 1.807) is 17.5 Å². The van der Waals surface area contributed by atoms with Gasteiger partial charge in [-0.05, 0) is 11.4 Å². The Morgan fingerprint density at radius 3 is 2.79 bits per heavy atom. The molecule has 0 saturated heterocycles. The Morgan fingerprint density at radius 2 is 2.29 bits per heavy atom. The van der Waals surface area contributed by atoms with E-state index in [1.807, 2.05) is 0 Å². The summed E-state index contributed by atoms with van der Waals surface area (Å²) in [6.45, 7) is -0.286. The number of nitrogens with one attached hydrogen (secondary N) is 1. The molecule has 1 heterocycles. The second-order valence-electron chi connectivity index (χ2n) is 2.54. The fourth-order valence-electron chi connectivity index (χ4n) is 0.772. The Labute approximate surface area is 84.0 Å². The molecule has 0 spiro atoms. The third kappa shape index (κ3) is 2.82. The first-order chi connectivity index (χ1) is 6.61. The summed E-state index contributed by atoms with van der Waals surface area (Å²) in [5, 5.41) is 21.2. The molecule has 0 fully saturated rings. The summed E-state index contributed by atoms with van der Waals surface area (Å²) in [6, 6.07) is 3.33. The zero-order valence-corrected chi connectivity index (χ0v) is 7.95. The molecule has 1 aromatic rings. The summed E-state index contributed by atoms with van der Waals surface area (Å²) in [5.41, 5.74) is 0. The van der Waals surface area contributed by atoms with Gasteiger partial charge < -0.3 is 15.5 Å². The van der Waals surface area contributed by atoms with E-state index >= 15 is 0 Å². The number of rotatable bonds is 4. The van der Waals surface area contributed by atoms with E-state index in [1.165, 1.54) is 11.3 Å². The Morgan fingerprint density at radius 1 is 1.57 bits per heavy atom. The molecular formula is C8H9NO4S. The third-order valence-corrected chi connectivity index (χ3v) is 2.35. The van der Waals surface area contributed by atoms with Crippen molar-refractivity contribution in [1.82, 2.24) is 5.32 Å². The van der Waals surface area contributed by atoms with Crippen molar-refractivity contribution in [2.75, 3.05) is 6.54 Å². The lowest BCUT2D eigenvalue weighted by molar-refractivity contribution is -0.146. The highest BCUT2D eigenvalue weighted by molar-refractivity contribution is 7.12. The molecule has 0 radical (unpaired) electrons. The van der Waals surface area contributed by atoms with Crippen LogP contribution in [-0.2, 0) is 4.79 Å². The topological polar surface area (TPSA) is 86.6 Å². The summed E-state index contributed by atoms with van der Waals surface area (Å²) >= 11 is 1.25. The molecule has 6 heteroatoms. The number of aliphatic hydroxyl groups is 1. The van der Waals surface area contributed by atoms with Gasteiger partial charge in [0.25, 0.3) is 5.91 Å². The molecule has 1 atom stereocenters. The first-order valence-corrected chi connectivity index (χ1v) is 4.72. The molecule has 0 saturated carbocycles. The molecule has 5 nitrogen and oxygen atoms in total. The molecule has 14 heavy (non-hydrogen) atoms. The minimum absolute atomic E-state index is 0.286. The van der Waals surface area contributed by atoms with Crippen LogP contribution in [0.25, 0.3) is 0 Å². The van der Waals surface area contributed by atoms with Gasteiger partial charge >= 0.3 is 5.97 Å². The van der Waals surface area contributed by atoms with Crippen molar-refractivity contribution in [2.45, 2.75) is 6.10 Å². The molecule has 0 aliphatic heterocycles. The summed E-state index contributed by atoms with van der Waals surface area (Å²) in [4.78, 5) is 21.9. The maximum Gasteiger partial charge on any atom is 0.334 e. The van der Waals surface area contributed by atoms with Gasteiger partial charge in [-0.15, -0.1) is 11.3 Å². The fraction of sp³-hybridized carbons (Fsp3) is 0.250. The Hall–Kier alpha value is -1.40. The minimum Gasteiger partial charge on any atom is -0.479 e. The van der Waals surface area contributed by atoms with Crippen molar-refractivity contribution in [1.29, 1.82) is 0 Å². The lowest BCUT2D eigenvalue weighted by Gasteiger charge is -2.05. The average Bonchev–Trinajstić information content (AvgIpc) is 2.66. The number of amides is 1. The number of carbonyl (C=O) groups is 2. The second kappa shape index (κ2) is 4.73. The molecule has 1 amide bonds. The maximum absolute atomic E-state index is 11.2. The predicted octanol–water partition coefficient (Wildman–Crippen LogP) is -0.0766. The van der Waals surface area contributed by atoms with Gasteiger partial charge in [-0.3, -0.25) is 4.79 Å². The van der Waals surface area contributed by atoms with Crippen molar-refractivity contribution in [2.24, 2.45) is 0 Å². The van der Waals surface area contributed by atoms with Crippen molar-refractivity contribution in [3.05, 3.63) is 22.4 Å². The normalized spacial score (nSPS) is 12.1. The van der Waals surface area contributed by atoms with Crippen molar-refractivity contribution in [3.63, 3.8) is 0 Å². The van der Waals surface area contributed by atoms with Gasteiger partial charge in [0.15, 0.2) is 6.10 Å². The quantitative estimate of drug-likeness (QED) is 0.655. The molecule has 76 valence electrons. The predicted molar refractivity (Wildman–Crippen MR) is 50.3 cm³/mol. The van der Waals surface area contributed by atoms with Crippen LogP contribution in [0.5, 0.6) is 0 Å². The standard InChI is InChI=1S/C8H9NO4S/c10-5(8(12)13)4-9-7(11)6-2-1-3-14-6/h1-3,5,10H,4H2,(H,9,11)(H,12,13)/t5-/m0/s1. The zero-order valence-electron chi connectivity index (χ0n) is 7.14. The van der Waals surface area contributed by atoms with Gasteiger partial charge in [0, 0.05) is 0 Å². The van der Waals surface area contributed by atoms with Crippen LogP contribution in [0.15, 0.2) is 17.5 Å². The van der Waals surface area contributed by atoms with Gasteiger partial charge in [-0.2, -0.15) is 0 Å². The van der Waals surface area contributed by atoms with Crippen LogP contribution in [-0.4, -0.2) is 34.7 Å². The number of carboxylic acids is 1. The molecule has 1 rings (SSSR count). The third-order valence-electron chi connectivity index (χ3n) is 1.49. The number of aliphatic carboxylic acids is 1. The fourth-order valence-corrected chi connectivity index (χ4v) is 1.41. The van der Waals surface area contributed by atoms with Crippen LogP contribution in [0.4, 0.5) is 0 Å². The number of hydrogen-bond donors (Lipinski definition) is 3. The lowest BCUT2D eigenvalue weighted by atomic mass is 10.3. The van der Waals surface area contributed by atoms with E-state index in [0.29, 0.717) is 4.88 Å². The Balaban J connectivity index is 2.40. The number of hydrogen-bond acceptors (Lipinski definition) is 4. The summed E-state index contributed by atoms with van der Waals surface area (Å²) < 4.78 is 0. The first kappa shape index (κ1) is 10.7. The largest absolute Gasteiger partial charge is 0.479 e. The van der Waals surface area contributed by atoms with Gasteiger partial charge in [-0.1, -0.05) is 6.07 Å². The van der Waals surface area contributed by atoms with Crippen molar-refractivity contribution < 1.29 is 19.8 Å². The van der Waals surface area contributed by atoms with Crippen LogP contribution in [0.1, 0.15) is 9.67 Å². The van der Waals surface area contributed by atoms with Crippen LogP contribution >= 0.6 is 11.3 Å². The van der Waals surface area contributed by atoms with E-state index < -0.39 is 12.1 Å². The number of aliphatic hydroxyl groups excluding tert-OH is 1. The van der Waals surface area contributed by atoms with E-state index in [0.717, 1.165) is 0 Å². The molecule has 0 aliphatic rings. The number of thiophene rings is 1. The summed E-state index contributed by atoms with van der Waals surface area (Å²) in [6.07, 6.45) is -1.56. The number of carbonyl (C=O) groups excluding carboxylic acids is 1. The Bertz CT molecular complexity index is 322. The summed E-state index contributed by atoms with van der Waals surface area (Å²) in [7, 11) is 0. The van der Waals surface area contributed by atoms with Crippen LogP contribution in [0, 0.1) is 0 Å². The second-order valence-corrected chi connectivity index (χ2v) is 3.49. The highest BCUT2D eigenvalue weighted by Gasteiger charge is 2.14. The van der Waals surface area contributed by atoms with Gasteiger partial charge in [0.1, 0.15) is 0 Å². The van der Waals surface area contributed by atoms with E-state index in [-0.39, 0.29) is 12.5 Å². The minimum atomic E-state index is -1.56. The smallest absolute Gasteiger partial charge is 0.334 e. The molecule has 0 bridgehead atoms. The van der Waals surface area contributed by atoms with Crippen LogP contribution in [0.2, 0.25) is 0 Å². The average molecular weight is 215 g/mol. The monoisotopic (exact) mass is 215 g/mol. The molecule has 3 N–H and O–H groups in total. The Kier molecular flexibility index (Phi) is 3.61. The van der Waals surface area contributed by atoms with Crippen LogP contribution in [0.3, 0.4) is 0 Å². The zero-order chi connectivity index (χ0) is 10.6. The number of carboxylic acid groups (broad SMARTS) is 1. The van der Waals surface area contributed by atoms with Gasteiger partial charge in [0.2, 0.25) is 0 Å². The molecule has 0 aromatic carbocycles. The maximum atomic E-state index is 11.2. The first-order valence-electron chi connectivity index (χ1n) is 3.84. The highest BCUT2D eigenvalue weighted by atomic mass is 32.1. The SMILES string of the molecule is O=C(NC[C@H](O)C(=O)O)c1cccs1. The molecule has 0 aliphatic carbocycles. The molecular weight excluding hydrogens is 206 g/mol.